The summed E-state index contributed by atoms with van der Waals surface area (Å²) >= 11 is 11.8. The van der Waals surface area contributed by atoms with E-state index in [1.165, 1.54) is 0 Å². The van der Waals surface area contributed by atoms with Crippen LogP contribution in [0.4, 0.5) is 0 Å². The van der Waals surface area contributed by atoms with Crippen LogP contribution < -0.4 is 0 Å². The zero-order valence-corrected chi connectivity index (χ0v) is 8.77. The van der Waals surface area contributed by atoms with Gasteiger partial charge in [0.15, 0.2) is 0 Å². The number of isocyanates is 1. The van der Waals surface area contributed by atoms with Crippen molar-refractivity contribution >= 4 is 29.3 Å². The number of nitrogens with zero attached hydrogens (tertiary/aromatic N) is 1. The Morgan fingerprint density at radius 3 is 2.57 bits per heavy atom. The van der Waals surface area contributed by atoms with Gasteiger partial charge in [-0.3, -0.25) is 0 Å². The molecule has 4 heteroatoms. The van der Waals surface area contributed by atoms with E-state index in [0.29, 0.717) is 10.0 Å². The monoisotopic (exact) mass is 227 g/mol. The molecule has 2 rings (SSSR count). The lowest BCUT2D eigenvalue weighted by Gasteiger charge is -2.09. The Kier molecular flexibility index (Phi) is 2.36. The van der Waals surface area contributed by atoms with Crippen LogP contribution in [0, 0.1) is 0 Å². The molecule has 2 nitrogen and oxygen atoms in total. The Labute approximate surface area is 91.5 Å². The van der Waals surface area contributed by atoms with Gasteiger partial charge in [-0.25, -0.2) is 4.79 Å². The first kappa shape index (κ1) is 9.72. The van der Waals surface area contributed by atoms with Crippen molar-refractivity contribution in [2.24, 2.45) is 4.99 Å². The fourth-order valence-electron chi connectivity index (χ4n) is 1.51. The van der Waals surface area contributed by atoms with Gasteiger partial charge in [0, 0.05) is 10.0 Å². The van der Waals surface area contributed by atoms with Crippen LogP contribution in [0.15, 0.2) is 23.2 Å². The summed E-state index contributed by atoms with van der Waals surface area (Å²) in [6.07, 6.45) is 3.30. The molecule has 1 aliphatic rings. The van der Waals surface area contributed by atoms with E-state index in [1.54, 1.807) is 18.2 Å². The highest BCUT2D eigenvalue weighted by atomic mass is 35.5. The Bertz CT molecular complexity index is 420. The van der Waals surface area contributed by atoms with E-state index in [9.17, 15) is 4.79 Å². The van der Waals surface area contributed by atoms with E-state index in [0.717, 1.165) is 18.4 Å². The van der Waals surface area contributed by atoms with E-state index in [1.807, 2.05) is 6.07 Å². The molecule has 0 spiro atoms. The van der Waals surface area contributed by atoms with Crippen molar-refractivity contribution in [3.63, 3.8) is 0 Å². The van der Waals surface area contributed by atoms with Gasteiger partial charge in [-0.15, -0.1) is 0 Å². The number of halogens is 2. The second-order valence-electron chi connectivity index (χ2n) is 3.36. The average molecular weight is 228 g/mol. The smallest absolute Gasteiger partial charge is 0.211 e. The van der Waals surface area contributed by atoms with Crippen molar-refractivity contribution in [1.29, 1.82) is 0 Å². The summed E-state index contributed by atoms with van der Waals surface area (Å²) in [6.45, 7) is 0. The zero-order valence-electron chi connectivity index (χ0n) is 7.26. The van der Waals surface area contributed by atoms with Crippen LogP contribution in [0.1, 0.15) is 18.4 Å². The third-order valence-electron chi connectivity index (χ3n) is 2.42. The molecule has 1 aromatic carbocycles. The minimum atomic E-state index is -0.413. The van der Waals surface area contributed by atoms with Crippen LogP contribution in [-0.4, -0.2) is 6.08 Å². The molecule has 0 heterocycles. The van der Waals surface area contributed by atoms with E-state index in [2.05, 4.69) is 4.99 Å². The largest absolute Gasteiger partial charge is 0.235 e. The third-order valence-corrected chi connectivity index (χ3v) is 2.96. The predicted molar refractivity (Wildman–Crippen MR) is 55.5 cm³/mol. The van der Waals surface area contributed by atoms with Gasteiger partial charge in [0.05, 0.1) is 5.54 Å². The van der Waals surface area contributed by atoms with Crippen LogP contribution in [0.2, 0.25) is 10.0 Å². The molecule has 14 heavy (non-hydrogen) atoms. The van der Waals surface area contributed by atoms with E-state index >= 15 is 0 Å². The molecular formula is C10H7Cl2NO. The van der Waals surface area contributed by atoms with Gasteiger partial charge in [0.25, 0.3) is 0 Å². The van der Waals surface area contributed by atoms with Crippen molar-refractivity contribution in [3.05, 3.63) is 33.8 Å². The second-order valence-corrected chi connectivity index (χ2v) is 4.20. The molecule has 72 valence electrons. The molecule has 1 fully saturated rings. The molecule has 0 aromatic heterocycles. The second kappa shape index (κ2) is 3.39. The number of rotatable bonds is 2. The Morgan fingerprint density at radius 1 is 1.36 bits per heavy atom. The van der Waals surface area contributed by atoms with Gasteiger partial charge in [-0.1, -0.05) is 29.3 Å². The lowest BCUT2D eigenvalue weighted by atomic mass is 10.1. The topological polar surface area (TPSA) is 29.4 Å². The fraction of sp³-hybridized carbons (Fsp3) is 0.300. The average Bonchev–Trinajstić information content (AvgIpc) is 2.86. The minimum Gasteiger partial charge on any atom is -0.211 e. The van der Waals surface area contributed by atoms with Crippen molar-refractivity contribution in [2.75, 3.05) is 0 Å². The summed E-state index contributed by atoms with van der Waals surface area (Å²) in [6, 6.07) is 5.24. The van der Waals surface area contributed by atoms with Gasteiger partial charge in [0.1, 0.15) is 0 Å². The summed E-state index contributed by atoms with van der Waals surface area (Å²) in [4.78, 5) is 14.0. The summed E-state index contributed by atoms with van der Waals surface area (Å²) in [7, 11) is 0. The molecular weight excluding hydrogens is 221 g/mol. The van der Waals surface area contributed by atoms with Crippen molar-refractivity contribution in [1.82, 2.24) is 0 Å². The molecule has 0 atom stereocenters. The molecule has 0 amide bonds. The molecule has 0 N–H and O–H groups in total. The molecule has 0 unspecified atom stereocenters. The SMILES string of the molecule is O=C=NC1(c2ccc(Cl)cc2Cl)CC1. The predicted octanol–water partition coefficient (Wildman–Crippen LogP) is 3.32. The lowest BCUT2D eigenvalue weighted by molar-refractivity contribution is 0.556. The van der Waals surface area contributed by atoms with Gasteiger partial charge < -0.3 is 0 Å². The van der Waals surface area contributed by atoms with Crippen LogP contribution in [0.25, 0.3) is 0 Å². The molecule has 1 aromatic rings. The number of benzene rings is 1. The fourth-order valence-corrected chi connectivity index (χ4v) is 2.10. The maximum atomic E-state index is 10.3. The minimum absolute atomic E-state index is 0.413. The first-order chi connectivity index (χ1) is 6.68. The summed E-state index contributed by atoms with van der Waals surface area (Å²) in [5.74, 6) is 0. The van der Waals surface area contributed by atoms with E-state index in [4.69, 9.17) is 23.2 Å². The number of hydrogen-bond donors (Lipinski definition) is 0. The quantitative estimate of drug-likeness (QED) is 0.563. The van der Waals surface area contributed by atoms with Crippen LogP contribution in [0.5, 0.6) is 0 Å². The Balaban J connectivity index is 2.47. The van der Waals surface area contributed by atoms with Crippen molar-refractivity contribution < 1.29 is 4.79 Å². The molecule has 0 bridgehead atoms. The maximum Gasteiger partial charge on any atom is 0.235 e. The zero-order chi connectivity index (χ0) is 10.2. The Morgan fingerprint density at radius 2 is 2.07 bits per heavy atom. The standard InChI is InChI=1S/C10H7Cl2NO/c11-7-1-2-8(9(12)5-7)10(3-4-10)13-6-14/h1-2,5H,3-4H2. The van der Waals surface area contributed by atoms with E-state index in [-0.39, 0.29) is 0 Å². The highest BCUT2D eigenvalue weighted by Crippen LogP contribution is 2.51. The number of hydrogen-bond acceptors (Lipinski definition) is 2. The summed E-state index contributed by atoms with van der Waals surface area (Å²) in [5.41, 5.74) is 0.454. The van der Waals surface area contributed by atoms with Crippen molar-refractivity contribution in [2.45, 2.75) is 18.4 Å². The third kappa shape index (κ3) is 1.57. The Hall–Kier alpha value is -0.820. The lowest BCUT2D eigenvalue weighted by Crippen LogP contribution is -2.02. The van der Waals surface area contributed by atoms with Gasteiger partial charge in [-0.2, -0.15) is 4.99 Å². The normalized spacial score (nSPS) is 17.3. The molecule has 1 aliphatic carbocycles. The van der Waals surface area contributed by atoms with E-state index < -0.39 is 5.54 Å². The number of carbonyl (C=O) groups excluding carboxylic acids is 1. The highest BCUT2D eigenvalue weighted by molar-refractivity contribution is 6.35. The van der Waals surface area contributed by atoms with Crippen molar-refractivity contribution in [3.8, 4) is 0 Å². The van der Waals surface area contributed by atoms with Gasteiger partial charge in [0.2, 0.25) is 6.08 Å². The van der Waals surface area contributed by atoms with Gasteiger partial charge in [-0.05, 0) is 30.5 Å². The van der Waals surface area contributed by atoms with Gasteiger partial charge >= 0.3 is 0 Å². The maximum absolute atomic E-state index is 10.3. The molecule has 0 radical (unpaired) electrons. The van der Waals surface area contributed by atoms with Crippen LogP contribution >= 0.6 is 23.2 Å². The summed E-state index contributed by atoms with van der Waals surface area (Å²) in [5, 5.41) is 1.15. The molecule has 1 saturated carbocycles. The summed E-state index contributed by atoms with van der Waals surface area (Å²) < 4.78 is 0. The molecule has 0 saturated heterocycles. The van der Waals surface area contributed by atoms with Crippen LogP contribution in [-0.2, 0) is 10.3 Å². The first-order valence-electron chi connectivity index (χ1n) is 4.22. The first-order valence-corrected chi connectivity index (χ1v) is 4.98. The van der Waals surface area contributed by atoms with Crippen LogP contribution in [0.3, 0.4) is 0 Å². The highest BCUT2D eigenvalue weighted by Gasteiger charge is 2.46. The molecule has 0 aliphatic heterocycles. The number of aliphatic imine (C=N–C) groups is 1.